The van der Waals surface area contributed by atoms with Crippen molar-refractivity contribution >= 4 is 23.2 Å². The van der Waals surface area contributed by atoms with Gasteiger partial charge in [0.25, 0.3) is 5.69 Å². The smallest absolute Gasteiger partial charge is 0.307 e. The molecule has 8 nitrogen and oxygen atoms in total. The molecule has 1 heterocycles. The van der Waals surface area contributed by atoms with E-state index in [0.29, 0.717) is 17.1 Å². The van der Waals surface area contributed by atoms with Gasteiger partial charge in [0.2, 0.25) is 0 Å². The summed E-state index contributed by atoms with van der Waals surface area (Å²) in [5.74, 6) is 0.312. The van der Waals surface area contributed by atoms with Crippen molar-refractivity contribution in [2.75, 3.05) is 10.6 Å². The number of nitrogens with zero attached hydrogens (tertiary/aromatic N) is 2. The van der Waals surface area contributed by atoms with Crippen molar-refractivity contribution in [1.82, 2.24) is 10.2 Å². The van der Waals surface area contributed by atoms with E-state index in [9.17, 15) is 14.9 Å². The first-order valence-electron chi connectivity index (χ1n) is 8.72. The van der Waals surface area contributed by atoms with E-state index in [4.69, 9.17) is 0 Å². The maximum atomic E-state index is 12.4. The number of rotatable bonds is 4. The summed E-state index contributed by atoms with van der Waals surface area (Å²) in [5, 5.41) is 23.3. The van der Waals surface area contributed by atoms with Crippen LogP contribution in [0.4, 0.5) is 22.0 Å². The number of nitro groups is 1. The molecule has 0 bridgehead atoms. The highest BCUT2D eigenvalue weighted by molar-refractivity contribution is 6.00. The molecule has 0 aliphatic rings. The van der Waals surface area contributed by atoms with Crippen LogP contribution in [0, 0.1) is 10.1 Å². The van der Waals surface area contributed by atoms with Crippen LogP contribution in [-0.2, 0) is 5.41 Å². The molecule has 0 radical (unpaired) electrons. The van der Waals surface area contributed by atoms with Gasteiger partial charge in [0.1, 0.15) is 0 Å². The van der Waals surface area contributed by atoms with Gasteiger partial charge in [-0.3, -0.25) is 20.5 Å². The van der Waals surface area contributed by atoms with Crippen molar-refractivity contribution in [1.29, 1.82) is 0 Å². The molecule has 0 aliphatic carbocycles. The Balaban J connectivity index is 1.73. The third-order valence-electron chi connectivity index (χ3n) is 4.17. The van der Waals surface area contributed by atoms with Gasteiger partial charge in [0, 0.05) is 29.4 Å². The Morgan fingerprint density at radius 1 is 1.07 bits per heavy atom. The summed E-state index contributed by atoms with van der Waals surface area (Å²) in [6.45, 7) is 6.22. The molecule has 0 saturated heterocycles. The standard InChI is InChI=1S/C20H21N5O3/c1-20(2,3)15-9-4-5-10-16(15)21-19(26)22-18-12-17(23-24-18)13-7-6-8-14(11-13)25(27)28/h4-12H,1-3H3,(H3,21,22,23,24,26). The minimum Gasteiger partial charge on any atom is -0.307 e. The first-order valence-corrected chi connectivity index (χ1v) is 8.72. The zero-order valence-corrected chi connectivity index (χ0v) is 15.8. The van der Waals surface area contributed by atoms with Crippen molar-refractivity contribution in [3.63, 3.8) is 0 Å². The molecule has 0 spiro atoms. The number of amides is 2. The van der Waals surface area contributed by atoms with Crippen LogP contribution >= 0.6 is 0 Å². The summed E-state index contributed by atoms with van der Waals surface area (Å²) < 4.78 is 0. The topological polar surface area (TPSA) is 113 Å². The van der Waals surface area contributed by atoms with Crippen LogP contribution in [0.5, 0.6) is 0 Å². The molecule has 2 aromatic carbocycles. The van der Waals surface area contributed by atoms with Crippen molar-refractivity contribution < 1.29 is 9.72 Å². The van der Waals surface area contributed by atoms with Gasteiger partial charge < -0.3 is 5.32 Å². The number of nitro benzene ring substituents is 1. The second-order valence-electron chi connectivity index (χ2n) is 7.35. The molecule has 0 fully saturated rings. The van der Waals surface area contributed by atoms with Gasteiger partial charge in [-0.25, -0.2) is 4.79 Å². The second kappa shape index (κ2) is 7.51. The lowest BCUT2D eigenvalue weighted by Gasteiger charge is -2.22. The molecular formula is C20H21N5O3. The molecule has 144 valence electrons. The normalized spacial score (nSPS) is 11.1. The van der Waals surface area contributed by atoms with E-state index in [1.807, 2.05) is 24.3 Å². The molecule has 3 aromatic rings. The number of hydrogen-bond donors (Lipinski definition) is 3. The van der Waals surface area contributed by atoms with E-state index in [2.05, 4.69) is 41.6 Å². The van der Waals surface area contributed by atoms with E-state index in [0.717, 1.165) is 11.3 Å². The summed E-state index contributed by atoms with van der Waals surface area (Å²) in [5.41, 5.74) is 2.78. The summed E-state index contributed by atoms with van der Waals surface area (Å²) in [6.07, 6.45) is 0. The number of nitrogens with one attached hydrogen (secondary N) is 3. The zero-order valence-electron chi connectivity index (χ0n) is 15.8. The third kappa shape index (κ3) is 4.35. The van der Waals surface area contributed by atoms with Crippen LogP contribution in [0.3, 0.4) is 0 Å². The Hall–Kier alpha value is -3.68. The molecule has 3 N–H and O–H groups in total. The zero-order chi connectivity index (χ0) is 20.3. The Labute approximate surface area is 162 Å². The lowest BCUT2D eigenvalue weighted by molar-refractivity contribution is -0.384. The average Bonchev–Trinajstić information content (AvgIpc) is 3.09. The molecule has 2 amide bonds. The fourth-order valence-corrected chi connectivity index (χ4v) is 2.84. The number of urea groups is 1. The molecule has 8 heteroatoms. The molecule has 28 heavy (non-hydrogen) atoms. The van der Waals surface area contributed by atoms with Crippen molar-refractivity contribution in [2.24, 2.45) is 0 Å². The predicted molar refractivity (Wildman–Crippen MR) is 108 cm³/mol. The second-order valence-corrected chi connectivity index (χ2v) is 7.35. The summed E-state index contributed by atoms with van der Waals surface area (Å²) >= 11 is 0. The highest BCUT2D eigenvalue weighted by Gasteiger charge is 2.19. The third-order valence-corrected chi connectivity index (χ3v) is 4.17. The quantitative estimate of drug-likeness (QED) is 0.441. The van der Waals surface area contributed by atoms with E-state index in [-0.39, 0.29) is 11.1 Å². The minimum absolute atomic E-state index is 0.0156. The van der Waals surface area contributed by atoms with E-state index in [1.54, 1.807) is 18.2 Å². The Bertz CT molecular complexity index is 1020. The Morgan fingerprint density at radius 3 is 2.54 bits per heavy atom. The summed E-state index contributed by atoms with van der Waals surface area (Å²) in [6, 6.07) is 15.0. The first-order chi connectivity index (χ1) is 13.2. The number of hydrogen-bond acceptors (Lipinski definition) is 4. The van der Waals surface area contributed by atoms with Gasteiger partial charge in [0.05, 0.1) is 10.6 Å². The molecule has 0 atom stereocenters. The van der Waals surface area contributed by atoms with Gasteiger partial charge in [-0.1, -0.05) is 51.1 Å². The van der Waals surface area contributed by atoms with Crippen LogP contribution in [0.2, 0.25) is 0 Å². The number of para-hydroxylation sites is 1. The molecule has 1 aromatic heterocycles. The number of H-pyrrole nitrogens is 1. The van der Waals surface area contributed by atoms with Gasteiger partial charge in [-0.2, -0.15) is 5.10 Å². The van der Waals surface area contributed by atoms with Crippen LogP contribution in [0.15, 0.2) is 54.6 Å². The summed E-state index contributed by atoms with van der Waals surface area (Å²) in [7, 11) is 0. The SMILES string of the molecule is CC(C)(C)c1ccccc1NC(=O)Nc1cc(-c2cccc([N+](=O)[O-])c2)[nH]n1. The minimum atomic E-state index is -0.459. The number of carbonyl (C=O) groups excluding carboxylic acids is 1. The number of aromatic amines is 1. The monoisotopic (exact) mass is 379 g/mol. The molecule has 0 saturated carbocycles. The van der Waals surface area contributed by atoms with Crippen molar-refractivity contribution in [3.05, 3.63) is 70.3 Å². The largest absolute Gasteiger partial charge is 0.324 e. The number of carbonyl (C=O) groups is 1. The van der Waals surface area contributed by atoms with Crippen LogP contribution in [0.1, 0.15) is 26.3 Å². The summed E-state index contributed by atoms with van der Waals surface area (Å²) in [4.78, 5) is 22.8. The van der Waals surface area contributed by atoms with Gasteiger partial charge in [-0.05, 0) is 17.0 Å². The van der Waals surface area contributed by atoms with Crippen molar-refractivity contribution in [3.8, 4) is 11.3 Å². The lowest BCUT2D eigenvalue weighted by Crippen LogP contribution is -2.23. The van der Waals surface area contributed by atoms with Gasteiger partial charge in [-0.15, -0.1) is 0 Å². The van der Waals surface area contributed by atoms with Crippen LogP contribution in [0.25, 0.3) is 11.3 Å². The fourth-order valence-electron chi connectivity index (χ4n) is 2.84. The van der Waals surface area contributed by atoms with Crippen molar-refractivity contribution in [2.45, 2.75) is 26.2 Å². The number of non-ortho nitro benzene ring substituents is 1. The number of benzene rings is 2. The molecule has 0 aliphatic heterocycles. The van der Waals surface area contributed by atoms with Crippen LogP contribution in [-0.4, -0.2) is 21.2 Å². The number of aromatic nitrogens is 2. The van der Waals surface area contributed by atoms with Gasteiger partial charge >= 0.3 is 6.03 Å². The fraction of sp³-hybridized carbons (Fsp3) is 0.200. The molecular weight excluding hydrogens is 358 g/mol. The molecule has 0 unspecified atom stereocenters. The van der Waals surface area contributed by atoms with Crippen LogP contribution < -0.4 is 10.6 Å². The highest BCUT2D eigenvalue weighted by Crippen LogP contribution is 2.29. The van der Waals surface area contributed by atoms with Gasteiger partial charge in [0.15, 0.2) is 5.82 Å². The number of anilines is 2. The van der Waals surface area contributed by atoms with E-state index >= 15 is 0 Å². The maximum Gasteiger partial charge on any atom is 0.324 e. The Morgan fingerprint density at radius 2 is 1.82 bits per heavy atom. The predicted octanol–water partition coefficient (Wildman–Crippen LogP) is 4.93. The highest BCUT2D eigenvalue weighted by atomic mass is 16.6. The van der Waals surface area contributed by atoms with E-state index in [1.165, 1.54) is 12.1 Å². The first kappa shape index (κ1) is 19.1. The average molecular weight is 379 g/mol. The van der Waals surface area contributed by atoms with E-state index < -0.39 is 11.0 Å². The molecule has 3 rings (SSSR count). The maximum absolute atomic E-state index is 12.4. The lowest BCUT2D eigenvalue weighted by atomic mass is 9.86. The Kier molecular flexibility index (Phi) is 5.12.